The highest BCUT2D eigenvalue weighted by atomic mass is 16.1. The van der Waals surface area contributed by atoms with Crippen LogP contribution in [0.15, 0.2) is 41.3 Å². The highest BCUT2D eigenvalue weighted by Crippen LogP contribution is 2.32. The van der Waals surface area contributed by atoms with Gasteiger partial charge in [0.25, 0.3) is 5.56 Å². The van der Waals surface area contributed by atoms with E-state index < -0.39 is 0 Å². The maximum atomic E-state index is 12.4. The van der Waals surface area contributed by atoms with Gasteiger partial charge in [0.1, 0.15) is 0 Å². The molecule has 0 saturated carbocycles. The number of likely N-dealkylation sites (N-methyl/N-ethyl adjacent to an activating group) is 1. The smallest absolute Gasteiger partial charge is 0.252 e. The first-order chi connectivity index (χ1) is 14.6. The van der Waals surface area contributed by atoms with E-state index in [-0.39, 0.29) is 5.56 Å². The maximum Gasteiger partial charge on any atom is 0.252 e. The Labute approximate surface area is 175 Å². The summed E-state index contributed by atoms with van der Waals surface area (Å²) in [6.45, 7) is 6.57. The van der Waals surface area contributed by atoms with Gasteiger partial charge in [-0.05, 0) is 32.0 Å². The summed E-state index contributed by atoms with van der Waals surface area (Å²) in [5.74, 6) is 1.30. The average molecular weight is 403 g/mol. The monoisotopic (exact) mass is 403 g/mol. The van der Waals surface area contributed by atoms with Gasteiger partial charge in [0, 0.05) is 56.2 Å². The summed E-state index contributed by atoms with van der Waals surface area (Å²) in [7, 11) is 2.13. The van der Waals surface area contributed by atoms with Crippen molar-refractivity contribution in [3.63, 3.8) is 0 Å². The molecule has 30 heavy (non-hydrogen) atoms. The largest absolute Gasteiger partial charge is 0.338 e. The Morgan fingerprint density at radius 3 is 2.63 bits per heavy atom. The molecule has 154 valence electrons. The first-order valence-corrected chi connectivity index (χ1v) is 10.3. The van der Waals surface area contributed by atoms with Gasteiger partial charge in [-0.1, -0.05) is 18.2 Å². The Hall–Kier alpha value is -3.26. The van der Waals surface area contributed by atoms with E-state index in [9.17, 15) is 4.79 Å². The fourth-order valence-corrected chi connectivity index (χ4v) is 4.13. The Bertz CT molecular complexity index is 1130. The molecule has 2 aliphatic rings. The van der Waals surface area contributed by atoms with Crippen LogP contribution in [-0.4, -0.2) is 64.6 Å². The lowest BCUT2D eigenvalue weighted by Gasteiger charge is -2.32. The van der Waals surface area contributed by atoms with Crippen molar-refractivity contribution < 1.29 is 0 Å². The van der Waals surface area contributed by atoms with E-state index in [0.717, 1.165) is 62.0 Å². The number of H-pyrrole nitrogens is 1. The number of aromatic nitrogens is 4. The van der Waals surface area contributed by atoms with Crippen LogP contribution < -0.4 is 15.4 Å². The number of nitrogens with one attached hydrogen (secondary N) is 1. The van der Waals surface area contributed by atoms with Crippen LogP contribution in [0.5, 0.6) is 0 Å². The van der Waals surface area contributed by atoms with Crippen molar-refractivity contribution in [2.45, 2.75) is 13.3 Å². The summed E-state index contributed by atoms with van der Waals surface area (Å²) in [6, 6.07) is 9.75. The average Bonchev–Trinajstić information content (AvgIpc) is 3.18. The van der Waals surface area contributed by atoms with E-state index in [1.807, 2.05) is 19.1 Å². The lowest BCUT2D eigenvalue weighted by atomic mass is 10.1. The summed E-state index contributed by atoms with van der Waals surface area (Å²) >= 11 is 0. The van der Waals surface area contributed by atoms with Crippen LogP contribution in [0, 0.1) is 6.92 Å². The molecular weight excluding hydrogens is 378 g/mol. The van der Waals surface area contributed by atoms with Crippen LogP contribution in [0.25, 0.3) is 11.3 Å². The molecule has 1 fully saturated rings. The summed E-state index contributed by atoms with van der Waals surface area (Å²) in [6.07, 6.45) is 2.73. The van der Waals surface area contributed by atoms with Crippen molar-refractivity contribution in [2.24, 2.45) is 0 Å². The maximum absolute atomic E-state index is 12.4. The van der Waals surface area contributed by atoms with Gasteiger partial charge in [-0.2, -0.15) is 0 Å². The van der Waals surface area contributed by atoms with Crippen molar-refractivity contribution in [2.75, 3.05) is 49.6 Å². The number of piperazine rings is 1. The van der Waals surface area contributed by atoms with Crippen LogP contribution in [-0.2, 0) is 6.42 Å². The summed E-state index contributed by atoms with van der Waals surface area (Å²) < 4.78 is 0. The number of hydrogen-bond acceptors (Lipinski definition) is 7. The van der Waals surface area contributed by atoms with Gasteiger partial charge in [0.05, 0.1) is 11.4 Å². The van der Waals surface area contributed by atoms with Gasteiger partial charge in [-0.25, -0.2) is 15.0 Å². The highest BCUT2D eigenvalue weighted by Gasteiger charge is 2.23. The van der Waals surface area contributed by atoms with Crippen LogP contribution in [0.2, 0.25) is 0 Å². The van der Waals surface area contributed by atoms with E-state index in [2.05, 4.69) is 43.8 Å². The Morgan fingerprint density at radius 1 is 1.03 bits per heavy atom. The predicted molar refractivity (Wildman–Crippen MR) is 117 cm³/mol. The molecule has 3 aromatic rings. The number of para-hydroxylation sites is 1. The van der Waals surface area contributed by atoms with Crippen LogP contribution in [0.3, 0.4) is 0 Å². The van der Waals surface area contributed by atoms with E-state index in [4.69, 9.17) is 9.97 Å². The second-order valence-electron chi connectivity index (χ2n) is 7.94. The number of fused-ring (bicyclic) bond motifs is 1. The molecule has 1 saturated heterocycles. The van der Waals surface area contributed by atoms with Gasteiger partial charge >= 0.3 is 0 Å². The third kappa shape index (κ3) is 3.43. The van der Waals surface area contributed by atoms with Crippen molar-refractivity contribution in [3.05, 3.63) is 58.1 Å². The molecule has 2 aliphatic heterocycles. The molecule has 0 bridgehead atoms. The SMILES string of the molecule is Cc1nc(N2CCN(C)CC2)ncc1-c1cc(=O)[nH]c(N2CCc3ccccc32)n1. The highest BCUT2D eigenvalue weighted by molar-refractivity contribution is 5.68. The van der Waals surface area contributed by atoms with E-state index in [1.54, 1.807) is 6.20 Å². The molecule has 2 aromatic heterocycles. The minimum atomic E-state index is -0.179. The van der Waals surface area contributed by atoms with Gasteiger partial charge in [0.15, 0.2) is 0 Å². The quantitative estimate of drug-likeness (QED) is 0.716. The molecule has 0 atom stereocenters. The lowest BCUT2D eigenvalue weighted by molar-refractivity contribution is 0.311. The number of aromatic amines is 1. The lowest BCUT2D eigenvalue weighted by Crippen LogP contribution is -2.45. The minimum absolute atomic E-state index is 0.179. The van der Waals surface area contributed by atoms with E-state index in [1.165, 1.54) is 11.6 Å². The Morgan fingerprint density at radius 2 is 1.83 bits per heavy atom. The number of rotatable bonds is 3. The van der Waals surface area contributed by atoms with Gasteiger partial charge in [-0.3, -0.25) is 9.78 Å². The van der Waals surface area contributed by atoms with Gasteiger partial charge < -0.3 is 14.7 Å². The number of nitrogens with zero attached hydrogens (tertiary/aromatic N) is 6. The fraction of sp³-hybridized carbons (Fsp3) is 0.364. The number of hydrogen-bond donors (Lipinski definition) is 1. The molecule has 1 aromatic carbocycles. The zero-order chi connectivity index (χ0) is 20.7. The molecular formula is C22H25N7O. The molecule has 4 heterocycles. The summed E-state index contributed by atoms with van der Waals surface area (Å²) in [4.78, 5) is 36.0. The van der Waals surface area contributed by atoms with Crippen molar-refractivity contribution in [3.8, 4) is 11.3 Å². The molecule has 8 nitrogen and oxygen atoms in total. The third-order valence-electron chi connectivity index (χ3n) is 5.90. The second kappa shape index (κ2) is 7.53. The van der Waals surface area contributed by atoms with E-state index in [0.29, 0.717) is 11.6 Å². The van der Waals surface area contributed by atoms with Crippen LogP contribution in [0.4, 0.5) is 17.6 Å². The van der Waals surface area contributed by atoms with Crippen molar-refractivity contribution in [1.82, 2.24) is 24.8 Å². The number of aryl methyl sites for hydroxylation is 1. The first kappa shape index (κ1) is 18.7. The Kier molecular flexibility index (Phi) is 4.71. The van der Waals surface area contributed by atoms with Crippen LogP contribution >= 0.6 is 0 Å². The molecule has 0 unspecified atom stereocenters. The number of benzene rings is 1. The van der Waals surface area contributed by atoms with E-state index >= 15 is 0 Å². The third-order valence-corrected chi connectivity index (χ3v) is 5.90. The zero-order valence-electron chi connectivity index (χ0n) is 17.3. The zero-order valence-corrected chi connectivity index (χ0v) is 17.3. The van der Waals surface area contributed by atoms with Crippen molar-refractivity contribution in [1.29, 1.82) is 0 Å². The summed E-state index contributed by atoms with van der Waals surface area (Å²) in [5.41, 5.74) is 4.39. The normalized spacial score (nSPS) is 16.7. The molecule has 0 spiro atoms. The topological polar surface area (TPSA) is 81.2 Å². The first-order valence-electron chi connectivity index (χ1n) is 10.3. The fourth-order valence-electron chi connectivity index (χ4n) is 4.13. The summed E-state index contributed by atoms with van der Waals surface area (Å²) in [5, 5.41) is 0. The molecule has 0 radical (unpaired) electrons. The van der Waals surface area contributed by atoms with Gasteiger partial charge in [0.2, 0.25) is 11.9 Å². The standard InChI is InChI=1S/C22H25N7O/c1-15-17(14-23-21(24-15)28-11-9-27(2)10-12-28)18-13-20(30)26-22(25-18)29-8-7-16-5-3-4-6-19(16)29/h3-6,13-14H,7-12H2,1-2H3,(H,25,26,30). The number of anilines is 3. The van der Waals surface area contributed by atoms with Crippen LogP contribution in [0.1, 0.15) is 11.3 Å². The predicted octanol–water partition coefficient (Wildman–Crippen LogP) is 1.98. The molecule has 1 N–H and O–H groups in total. The molecule has 0 amide bonds. The molecule has 0 aliphatic carbocycles. The van der Waals surface area contributed by atoms with Gasteiger partial charge in [-0.15, -0.1) is 0 Å². The minimum Gasteiger partial charge on any atom is -0.338 e. The molecule has 8 heteroatoms. The second-order valence-corrected chi connectivity index (χ2v) is 7.94. The molecule has 5 rings (SSSR count). The van der Waals surface area contributed by atoms with Crippen molar-refractivity contribution >= 4 is 17.6 Å². The Balaban J connectivity index is 1.47.